The molecule has 4 aliphatic rings. The molecule has 0 saturated heterocycles. The van der Waals surface area contributed by atoms with E-state index in [1.165, 1.54) is 5.57 Å². The van der Waals surface area contributed by atoms with E-state index in [0.29, 0.717) is 37.2 Å². The molecule has 0 aromatic rings. The Bertz CT molecular complexity index is 1160. The first-order valence-electron chi connectivity index (χ1n) is 18.9. The molecule has 0 bridgehead atoms. The maximum Gasteiger partial charge on any atom is 0.307 e. The van der Waals surface area contributed by atoms with Gasteiger partial charge in [0.25, 0.3) is 0 Å². The zero-order chi connectivity index (χ0) is 35.4. The summed E-state index contributed by atoms with van der Waals surface area (Å²) in [7, 11) is 1.79. The first-order chi connectivity index (χ1) is 21.8. The molecule has 47 heavy (non-hydrogen) atoms. The van der Waals surface area contributed by atoms with E-state index in [4.69, 9.17) is 9.47 Å². The molecule has 4 N–H and O–H groups in total. The molecule has 4 rings (SSSR count). The molecule has 3 saturated carbocycles. The van der Waals surface area contributed by atoms with Gasteiger partial charge in [-0.25, -0.2) is 0 Å². The van der Waals surface area contributed by atoms with E-state index in [1.54, 1.807) is 7.11 Å². The van der Waals surface area contributed by atoms with Crippen LogP contribution in [0.3, 0.4) is 0 Å². The maximum absolute atomic E-state index is 13.4. The van der Waals surface area contributed by atoms with E-state index in [9.17, 15) is 20.1 Å². The number of aliphatic hydroxyl groups excluding tert-OH is 2. The summed E-state index contributed by atoms with van der Waals surface area (Å²) in [5.74, 6) is 0.609. The molecule has 0 aromatic heterocycles. The largest absolute Gasteiger partial charge is 0.481 e. The molecule has 4 aliphatic carbocycles. The molecular formula is C40H71NO6. The number of carboxylic acid groups (broad SMARTS) is 1. The second kappa shape index (κ2) is 13.6. The summed E-state index contributed by atoms with van der Waals surface area (Å²) in [6, 6.07) is 0. The first kappa shape index (κ1) is 38.8. The molecule has 7 nitrogen and oxygen atoms in total. The van der Waals surface area contributed by atoms with Crippen molar-refractivity contribution >= 4 is 5.97 Å². The zero-order valence-corrected chi connectivity index (χ0v) is 32.0. The Morgan fingerprint density at radius 3 is 2.26 bits per heavy atom. The second-order valence-corrected chi connectivity index (χ2v) is 18.4. The number of allylic oxidation sites excluding steroid dienone is 1. The molecular weight excluding hydrogens is 590 g/mol. The molecule has 3 fully saturated rings. The summed E-state index contributed by atoms with van der Waals surface area (Å²) >= 11 is 0. The number of aliphatic carboxylic acids is 1. The van der Waals surface area contributed by atoms with Crippen molar-refractivity contribution in [1.29, 1.82) is 0 Å². The normalized spacial score (nSPS) is 43.8. The highest BCUT2D eigenvalue weighted by Gasteiger charge is 2.70. The van der Waals surface area contributed by atoms with Crippen LogP contribution in [0.1, 0.15) is 121 Å². The average Bonchev–Trinajstić information content (AvgIpc) is 3.00. The number of aliphatic hydroxyl groups is 2. The van der Waals surface area contributed by atoms with Gasteiger partial charge in [0.1, 0.15) is 0 Å². The summed E-state index contributed by atoms with van der Waals surface area (Å²) in [5, 5.41) is 35.5. The van der Waals surface area contributed by atoms with Gasteiger partial charge in [-0.2, -0.15) is 0 Å². The van der Waals surface area contributed by atoms with Crippen molar-refractivity contribution in [2.24, 2.45) is 63.1 Å². The molecule has 12 atom stereocenters. The van der Waals surface area contributed by atoms with Crippen LogP contribution in [0.5, 0.6) is 0 Å². The van der Waals surface area contributed by atoms with E-state index >= 15 is 0 Å². The molecule has 0 spiro atoms. The van der Waals surface area contributed by atoms with Crippen molar-refractivity contribution in [3.8, 4) is 0 Å². The van der Waals surface area contributed by atoms with Gasteiger partial charge < -0.3 is 30.1 Å². The fraction of sp³-hybridized carbons (Fsp3) is 0.925. The lowest BCUT2D eigenvalue weighted by Gasteiger charge is -2.69. The first-order valence-corrected chi connectivity index (χ1v) is 18.9. The number of methoxy groups -OCH3 is 1. The van der Waals surface area contributed by atoms with E-state index in [-0.39, 0.29) is 58.9 Å². The predicted octanol–water partition coefficient (Wildman–Crippen LogP) is 7.34. The number of nitrogens with one attached hydrogen (secondary N) is 1. The highest BCUT2D eigenvalue weighted by atomic mass is 16.5. The van der Waals surface area contributed by atoms with E-state index < -0.39 is 22.9 Å². The van der Waals surface area contributed by atoms with E-state index in [2.05, 4.69) is 87.6 Å². The fourth-order valence-electron chi connectivity index (χ4n) is 11.8. The Labute approximate surface area is 287 Å². The Balaban J connectivity index is 1.72. The third-order valence-corrected chi connectivity index (χ3v) is 15.8. The summed E-state index contributed by atoms with van der Waals surface area (Å²) in [6.07, 6.45) is 8.31. The van der Waals surface area contributed by atoms with Gasteiger partial charge in [0.15, 0.2) is 0 Å². The number of hydrogen-bond acceptors (Lipinski definition) is 6. The van der Waals surface area contributed by atoms with Crippen LogP contribution in [-0.4, -0.2) is 72.0 Å². The number of hydrogen-bond donors (Lipinski definition) is 4. The van der Waals surface area contributed by atoms with Crippen LogP contribution in [0.4, 0.5) is 0 Å². The minimum Gasteiger partial charge on any atom is -0.481 e. The monoisotopic (exact) mass is 662 g/mol. The molecule has 7 heteroatoms. The molecule has 0 heterocycles. The van der Waals surface area contributed by atoms with Crippen LogP contribution in [0.25, 0.3) is 0 Å². The lowest BCUT2D eigenvalue weighted by Crippen LogP contribution is -2.67. The molecule has 0 amide bonds. The molecule has 0 aromatic carbocycles. The number of carboxylic acids is 1. The van der Waals surface area contributed by atoms with Crippen LogP contribution in [0, 0.1) is 63.1 Å². The van der Waals surface area contributed by atoms with Gasteiger partial charge in [-0.1, -0.05) is 74.0 Å². The van der Waals surface area contributed by atoms with Crippen LogP contribution in [0.2, 0.25) is 0 Å². The van der Waals surface area contributed by atoms with Crippen LogP contribution in [0.15, 0.2) is 11.6 Å². The third-order valence-electron chi connectivity index (χ3n) is 15.8. The Hall–Kier alpha value is -0.990. The van der Waals surface area contributed by atoms with Crippen molar-refractivity contribution in [1.82, 2.24) is 5.32 Å². The smallest absolute Gasteiger partial charge is 0.307 e. The van der Waals surface area contributed by atoms with Crippen molar-refractivity contribution in [3.63, 3.8) is 0 Å². The summed E-state index contributed by atoms with van der Waals surface area (Å²) < 4.78 is 13.4. The van der Waals surface area contributed by atoms with Crippen LogP contribution >= 0.6 is 0 Å². The number of rotatable bonds is 13. The third kappa shape index (κ3) is 5.98. The number of carbonyl (C=O) groups is 1. The van der Waals surface area contributed by atoms with E-state index in [1.807, 2.05) is 0 Å². The topological polar surface area (TPSA) is 108 Å². The molecule has 0 aliphatic heterocycles. The number of ether oxygens (including phenoxy) is 2. The summed E-state index contributed by atoms with van der Waals surface area (Å²) in [6.45, 7) is 26.3. The average molecular weight is 662 g/mol. The molecule has 0 radical (unpaired) electrons. The van der Waals surface area contributed by atoms with Crippen molar-refractivity contribution in [3.05, 3.63) is 11.6 Å². The lowest BCUT2D eigenvalue weighted by molar-refractivity contribution is -0.230. The van der Waals surface area contributed by atoms with Crippen LogP contribution < -0.4 is 5.32 Å². The van der Waals surface area contributed by atoms with Gasteiger partial charge in [0.05, 0.1) is 30.8 Å². The molecule has 1 unspecified atom stereocenters. The highest BCUT2D eigenvalue weighted by molar-refractivity contribution is 5.73. The number of fused-ring (bicyclic) bond motifs is 5. The summed E-state index contributed by atoms with van der Waals surface area (Å²) in [4.78, 5) is 13.4. The highest BCUT2D eigenvalue weighted by Crippen LogP contribution is 2.73. The van der Waals surface area contributed by atoms with Gasteiger partial charge in [0, 0.05) is 24.7 Å². The second-order valence-electron chi connectivity index (χ2n) is 18.4. The van der Waals surface area contributed by atoms with Gasteiger partial charge in [-0.15, -0.1) is 0 Å². The van der Waals surface area contributed by atoms with Crippen molar-refractivity contribution in [2.75, 3.05) is 33.5 Å². The quantitative estimate of drug-likeness (QED) is 0.121. The summed E-state index contributed by atoms with van der Waals surface area (Å²) in [5.41, 5.74) is -0.749. The van der Waals surface area contributed by atoms with Crippen molar-refractivity contribution < 1.29 is 29.6 Å². The Kier molecular flexibility index (Phi) is 11.2. The van der Waals surface area contributed by atoms with Gasteiger partial charge >= 0.3 is 5.97 Å². The van der Waals surface area contributed by atoms with Gasteiger partial charge in [-0.3, -0.25) is 4.79 Å². The van der Waals surface area contributed by atoms with E-state index in [0.717, 1.165) is 38.6 Å². The van der Waals surface area contributed by atoms with Gasteiger partial charge in [-0.05, 0) is 117 Å². The minimum atomic E-state index is -0.645. The predicted molar refractivity (Wildman–Crippen MR) is 189 cm³/mol. The lowest BCUT2D eigenvalue weighted by atomic mass is 9.35. The van der Waals surface area contributed by atoms with Crippen LogP contribution in [-0.2, 0) is 14.3 Å². The Morgan fingerprint density at radius 1 is 1.06 bits per heavy atom. The minimum absolute atomic E-state index is 0.0691. The standard InChI is InChI=1S/C40H71NO6/c1-25(2)28(6)35(7)18-19-36(8)30-15-14-29-27(5)33(47-24-38(10,26(3)4)41-20-13-21-42)39(11,46-12)22-40(29,23-43)31(30)16-17-37(36,9)32(35)34(44)45/h16,25-30,32-33,41-43H,13-15,17-24H2,1-12H3,(H,44,45)/t27-,28+,29-,30-,32+,33+,35+,36+,37-,38-,39?,40+/m0/s1. The van der Waals surface area contributed by atoms with Gasteiger partial charge in [0.2, 0.25) is 0 Å². The van der Waals surface area contributed by atoms with Crippen molar-refractivity contribution in [2.45, 2.75) is 138 Å². The Morgan fingerprint density at radius 2 is 1.72 bits per heavy atom. The molecule has 272 valence electrons. The SMILES string of the molecule is COC1(C)C[C@]2(CO)C3=CC[C@@]4(C)[C@H](C(=O)O)[C@@](C)([C@H](C)C(C)C)CC[C@]4(C)[C@H]3CC[C@H]2[C@H](C)[C@H]1OC[C@](C)(NCCCO)C(C)C. The zero-order valence-electron chi connectivity index (χ0n) is 32.0. The fourth-order valence-corrected chi connectivity index (χ4v) is 11.8. The maximum atomic E-state index is 13.4.